The highest BCUT2D eigenvalue weighted by molar-refractivity contribution is 6.28. The first kappa shape index (κ1) is 36.4. The quantitative estimate of drug-likeness (QED) is 0.126. The molecule has 4 N–H and O–H groups in total. The standard InChI is InChI=1S/C57H43N5/c1-3-14-38(15-4-1)55-60-56(39-16-5-2-6-17-39)62-57(61-55)42-33-40(36-26-28-37(29-27-36)54-51-35-58-31-30-47(51)48-21-11-12-25-52(48)59-54)32-41(34-42)43-23-13-24-50-46-19-8-7-18-44(46)45-20-9-10-22-49(45)53(43)50/h1-35,52,55-57,59-62H. The van der Waals surface area contributed by atoms with E-state index in [9.17, 15) is 0 Å². The summed E-state index contributed by atoms with van der Waals surface area (Å²) in [5, 5.41) is 25.6. The van der Waals surface area contributed by atoms with Gasteiger partial charge < -0.3 is 5.32 Å². The van der Waals surface area contributed by atoms with Crippen LogP contribution >= 0.6 is 0 Å². The summed E-state index contributed by atoms with van der Waals surface area (Å²) in [5.74, 6) is 0. The lowest BCUT2D eigenvalue weighted by molar-refractivity contribution is 0.203. The lowest BCUT2D eigenvalue weighted by atomic mass is 9.87. The average molecular weight is 798 g/mol. The molecule has 0 spiro atoms. The zero-order chi connectivity index (χ0) is 41.0. The van der Waals surface area contributed by atoms with Crippen LogP contribution in [0.1, 0.15) is 40.8 Å². The highest BCUT2D eigenvalue weighted by Crippen LogP contribution is 2.42. The van der Waals surface area contributed by atoms with Gasteiger partial charge in [0.1, 0.15) is 0 Å². The van der Waals surface area contributed by atoms with Crippen molar-refractivity contribution >= 4 is 43.6 Å². The normalized spacial score (nSPS) is 19.4. The molecule has 5 heteroatoms. The van der Waals surface area contributed by atoms with Crippen LogP contribution in [0.15, 0.2) is 213 Å². The Morgan fingerprint density at radius 3 is 1.66 bits per heavy atom. The number of nitrogens with one attached hydrogen (secondary N) is 4. The highest BCUT2D eigenvalue weighted by atomic mass is 15.4. The molecule has 1 fully saturated rings. The third-order valence-corrected chi connectivity index (χ3v) is 12.9. The van der Waals surface area contributed by atoms with Crippen molar-refractivity contribution in [2.45, 2.75) is 24.5 Å². The fraction of sp³-hybridized carbons (Fsp3) is 0.0702. The van der Waals surface area contributed by atoms with Gasteiger partial charge in [-0.3, -0.25) is 20.9 Å². The number of rotatable bonds is 6. The first-order chi connectivity index (χ1) is 30.7. The van der Waals surface area contributed by atoms with Crippen molar-refractivity contribution < 1.29 is 0 Å². The second kappa shape index (κ2) is 15.2. The fourth-order valence-electron chi connectivity index (χ4n) is 9.92. The molecule has 62 heavy (non-hydrogen) atoms. The summed E-state index contributed by atoms with van der Waals surface area (Å²) < 4.78 is 0. The third kappa shape index (κ3) is 6.34. The largest absolute Gasteiger partial charge is 0.374 e. The van der Waals surface area contributed by atoms with Crippen LogP contribution in [0.5, 0.6) is 0 Å². The Kier molecular flexibility index (Phi) is 8.96. The van der Waals surface area contributed by atoms with E-state index in [1.54, 1.807) is 0 Å². The van der Waals surface area contributed by atoms with Gasteiger partial charge in [0.05, 0.1) is 30.2 Å². The van der Waals surface area contributed by atoms with Gasteiger partial charge in [-0.25, -0.2) is 0 Å². The van der Waals surface area contributed by atoms with Gasteiger partial charge in [0, 0.05) is 17.6 Å². The van der Waals surface area contributed by atoms with Crippen molar-refractivity contribution in [1.82, 2.24) is 26.3 Å². The second-order valence-electron chi connectivity index (χ2n) is 16.5. The minimum Gasteiger partial charge on any atom is -0.374 e. The molecule has 8 aromatic carbocycles. The third-order valence-electron chi connectivity index (χ3n) is 12.9. The van der Waals surface area contributed by atoms with Crippen LogP contribution in [-0.4, -0.2) is 11.0 Å². The van der Waals surface area contributed by atoms with Gasteiger partial charge in [-0.05, 0) is 112 Å². The number of hydrogen-bond donors (Lipinski definition) is 4. The maximum absolute atomic E-state index is 4.54. The molecule has 0 amide bonds. The molecule has 2 aliphatic heterocycles. The van der Waals surface area contributed by atoms with Gasteiger partial charge in [-0.1, -0.05) is 176 Å². The molecule has 12 rings (SSSR count). The Bertz CT molecular complexity index is 3280. The van der Waals surface area contributed by atoms with Crippen LogP contribution in [0.4, 0.5) is 0 Å². The summed E-state index contributed by atoms with van der Waals surface area (Å²) >= 11 is 0. The summed E-state index contributed by atoms with van der Waals surface area (Å²) in [4.78, 5) is 4.54. The molecular weight excluding hydrogens is 755 g/mol. The number of nitrogens with zero attached hydrogens (tertiary/aromatic N) is 1. The Balaban J connectivity index is 1.04. The maximum atomic E-state index is 4.54. The molecule has 0 saturated carbocycles. The predicted molar refractivity (Wildman–Crippen MR) is 255 cm³/mol. The van der Waals surface area contributed by atoms with Crippen molar-refractivity contribution in [3.63, 3.8) is 0 Å². The summed E-state index contributed by atoms with van der Waals surface area (Å²) in [5.41, 5.74) is 11.7. The van der Waals surface area contributed by atoms with Crippen LogP contribution in [-0.2, 0) is 0 Å². The molecule has 296 valence electrons. The highest BCUT2D eigenvalue weighted by Gasteiger charge is 2.30. The van der Waals surface area contributed by atoms with E-state index in [0.717, 1.165) is 33.2 Å². The van der Waals surface area contributed by atoms with Crippen molar-refractivity contribution in [3.05, 3.63) is 245 Å². The lowest BCUT2D eigenvalue weighted by Gasteiger charge is -2.40. The number of benzene rings is 8. The molecule has 9 aromatic rings. The Hall–Kier alpha value is -7.41. The van der Waals surface area contributed by atoms with Crippen LogP contribution in [0.2, 0.25) is 0 Å². The molecule has 3 aliphatic rings. The first-order valence-electron chi connectivity index (χ1n) is 21.5. The molecule has 3 atom stereocenters. The van der Waals surface area contributed by atoms with Crippen molar-refractivity contribution in [1.29, 1.82) is 0 Å². The van der Waals surface area contributed by atoms with Crippen molar-refractivity contribution in [2.24, 2.45) is 0 Å². The van der Waals surface area contributed by atoms with E-state index >= 15 is 0 Å². The van der Waals surface area contributed by atoms with E-state index in [4.69, 9.17) is 0 Å². The minimum atomic E-state index is -0.175. The zero-order valence-corrected chi connectivity index (χ0v) is 34.0. The molecular formula is C57H43N5. The van der Waals surface area contributed by atoms with E-state index < -0.39 is 0 Å². The van der Waals surface area contributed by atoms with Gasteiger partial charge in [0.15, 0.2) is 0 Å². The topological polar surface area (TPSA) is 61.0 Å². The number of allylic oxidation sites excluding steroid dienone is 2. The second-order valence-corrected chi connectivity index (χ2v) is 16.5. The lowest BCUT2D eigenvalue weighted by Crippen LogP contribution is -2.54. The van der Waals surface area contributed by atoms with E-state index in [1.165, 1.54) is 65.4 Å². The smallest absolute Gasteiger partial charge is 0.0865 e. The van der Waals surface area contributed by atoms with Crippen LogP contribution < -0.4 is 31.7 Å². The summed E-state index contributed by atoms with van der Waals surface area (Å²) in [6.45, 7) is 0. The van der Waals surface area contributed by atoms with Crippen LogP contribution in [0.25, 0.3) is 65.8 Å². The number of pyridine rings is 1. The molecule has 1 aliphatic carbocycles. The molecule has 5 nitrogen and oxygen atoms in total. The Labute approximate surface area is 360 Å². The van der Waals surface area contributed by atoms with Gasteiger partial charge >= 0.3 is 0 Å². The molecule has 0 radical (unpaired) electrons. The number of aromatic nitrogens is 1. The van der Waals surface area contributed by atoms with Gasteiger partial charge in [0.25, 0.3) is 0 Å². The minimum absolute atomic E-state index is 0.0865. The van der Waals surface area contributed by atoms with Gasteiger partial charge in [0.2, 0.25) is 0 Å². The molecule has 1 saturated heterocycles. The van der Waals surface area contributed by atoms with Crippen molar-refractivity contribution in [3.8, 4) is 22.3 Å². The van der Waals surface area contributed by atoms with Gasteiger partial charge in [-0.2, -0.15) is 0 Å². The average Bonchev–Trinajstić information content (AvgIpc) is 3.36. The fourth-order valence-corrected chi connectivity index (χ4v) is 9.92. The Morgan fingerprint density at radius 1 is 0.419 bits per heavy atom. The Morgan fingerprint density at radius 2 is 0.984 bits per heavy atom. The van der Waals surface area contributed by atoms with E-state index in [2.05, 4.69) is 226 Å². The van der Waals surface area contributed by atoms with E-state index in [1.807, 2.05) is 12.4 Å². The summed E-state index contributed by atoms with van der Waals surface area (Å²) in [6, 6.07) is 64.3. The monoisotopic (exact) mass is 797 g/mol. The maximum Gasteiger partial charge on any atom is 0.0865 e. The zero-order valence-electron chi connectivity index (χ0n) is 34.0. The molecule has 3 unspecified atom stereocenters. The van der Waals surface area contributed by atoms with E-state index in [0.29, 0.717) is 0 Å². The predicted octanol–water partition coefficient (Wildman–Crippen LogP) is 10.5. The first-order valence-corrected chi connectivity index (χ1v) is 21.5. The van der Waals surface area contributed by atoms with Crippen LogP contribution in [0.3, 0.4) is 0 Å². The summed E-state index contributed by atoms with van der Waals surface area (Å²) in [7, 11) is 0. The van der Waals surface area contributed by atoms with Crippen molar-refractivity contribution in [2.75, 3.05) is 0 Å². The number of fused-ring (bicyclic) bond motifs is 8. The SMILES string of the molecule is C1=CC2=c3ccncc3=C(c3ccc(-c4cc(-c5cccc6c7ccccc7c7ccccc7c56)cc(C5NC(c6ccccc6)NC(c6ccccc6)N5)c4)cc3)NC2C=C1. The number of hydrogen-bond acceptors (Lipinski definition) is 5. The van der Waals surface area contributed by atoms with Gasteiger partial charge in [-0.15, -0.1) is 0 Å². The van der Waals surface area contributed by atoms with E-state index in [-0.39, 0.29) is 24.5 Å². The molecule has 3 heterocycles. The van der Waals surface area contributed by atoms with Crippen LogP contribution in [0, 0.1) is 0 Å². The molecule has 0 bridgehead atoms. The summed E-state index contributed by atoms with van der Waals surface area (Å²) in [6.07, 6.45) is 12.2. The molecule has 1 aromatic heterocycles.